The number of amides is 4. The molecule has 0 radical (unpaired) electrons. The quantitative estimate of drug-likeness (QED) is 0.299. The molecule has 4 amide bonds. The van der Waals surface area contributed by atoms with E-state index in [9.17, 15) is 29.3 Å². The van der Waals surface area contributed by atoms with Gasteiger partial charge in [0.1, 0.15) is 6.04 Å². The normalized spacial score (nSPS) is 21.8. The zero-order valence-electron chi connectivity index (χ0n) is 21.6. The second-order valence-corrected chi connectivity index (χ2v) is 10.0. The molecule has 2 aromatic rings. The van der Waals surface area contributed by atoms with E-state index in [1.807, 2.05) is 6.07 Å². The van der Waals surface area contributed by atoms with Crippen LogP contribution in [-0.2, 0) is 22.6 Å². The van der Waals surface area contributed by atoms with Gasteiger partial charge in [-0.3, -0.25) is 29.4 Å². The molecule has 13 nitrogen and oxygen atoms in total. The molecule has 0 spiro atoms. The maximum atomic E-state index is 13.2. The molecule has 3 aliphatic heterocycles. The summed E-state index contributed by atoms with van der Waals surface area (Å²) in [5.41, 5.74) is 0.445. The van der Waals surface area contributed by atoms with Crippen LogP contribution in [0, 0.1) is 16.0 Å². The molecule has 0 unspecified atom stereocenters. The number of aromatic nitrogens is 1. The zero-order valence-corrected chi connectivity index (χ0v) is 21.6. The lowest BCUT2D eigenvalue weighted by molar-refractivity contribution is -0.386. The first kappa shape index (κ1) is 26.2. The standard InChI is InChI=1S/C26H29N5O8/c1-38-21-6-3-15(10-22(21)39-2)7-8-29-24(33)18(27-26(29)35)11-23(32)28-12-16-9-17(14-28)19-4-5-20(31(36)37)25(34)30(19)13-16/h3-6,10,16-18H,7-9,11-14H2,1-2H3,(H,27,35)/t16-,17+,18+/m1/s1. The number of benzene rings is 1. The van der Waals surface area contributed by atoms with Gasteiger partial charge in [-0.05, 0) is 42.5 Å². The summed E-state index contributed by atoms with van der Waals surface area (Å²) in [5.74, 6) is 0.243. The first-order valence-electron chi connectivity index (χ1n) is 12.7. The summed E-state index contributed by atoms with van der Waals surface area (Å²) in [4.78, 5) is 64.6. The summed E-state index contributed by atoms with van der Waals surface area (Å²) >= 11 is 0. The molecule has 206 valence electrons. The van der Waals surface area contributed by atoms with Gasteiger partial charge in [-0.25, -0.2) is 4.79 Å². The Morgan fingerprint density at radius 1 is 1.08 bits per heavy atom. The van der Waals surface area contributed by atoms with Crippen molar-refractivity contribution in [2.24, 2.45) is 5.92 Å². The third-order valence-corrected chi connectivity index (χ3v) is 7.69. The summed E-state index contributed by atoms with van der Waals surface area (Å²) in [7, 11) is 3.07. The van der Waals surface area contributed by atoms with E-state index in [2.05, 4.69) is 5.32 Å². The maximum absolute atomic E-state index is 13.2. The summed E-state index contributed by atoms with van der Waals surface area (Å²) in [5, 5.41) is 13.8. The Morgan fingerprint density at radius 3 is 2.56 bits per heavy atom. The molecule has 3 aliphatic rings. The van der Waals surface area contributed by atoms with Gasteiger partial charge in [0.25, 0.3) is 5.91 Å². The number of ether oxygens (including phenoxy) is 2. The van der Waals surface area contributed by atoms with E-state index in [1.165, 1.54) is 24.9 Å². The van der Waals surface area contributed by atoms with Crippen LogP contribution in [0.2, 0.25) is 0 Å². The number of pyridine rings is 1. The highest BCUT2D eigenvalue weighted by Gasteiger charge is 2.42. The van der Waals surface area contributed by atoms with E-state index in [0.717, 1.165) is 16.9 Å². The smallest absolute Gasteiger partial charge is 0.334 e. The van der Waals surface area contributed by atoms with Crippen molar-refractivity contribution >= 4 is 23.5 Å². The second-order valence-electron chi connectivity index (χ2n) is 10.0. The highest BCUT2D eigenvalue weighted by atomic mass is 16.6. The summed E-state index contributed by atoms with van der Waals surface area (Å²) in [6, 6.07) is 6.70. The van der Waals surface area contributed by atoms with E-state index < -0.39 is 34.2 Å². The number of hydrogen-bond donors (Lipinski definition) is 1. The summed E-state index contributed by atoms with van der Waals surface area (Å²) in [6.07, 6.45) is 1.01. The van der Waals surface area contributed by atoms with E-state index in [1.54, 1.807) is 23.1 Å². The largest absolute Gasteiger partial charge is 0.493 e. The number of nitrogens with zero attached hydrogens (tertiary/aromatic N) is 4. The number of carbonyl (C=O) groups is 3. The maximum Gasteiger partial charge on any atom is 0.334 e. The Bertz CT molecular complexity index is 1410. The Labute approximate surface area is 223 Å². The van der Waals surface area contributed by atoms with Gasteiger partial charge in [0.05, 0.1) is 25.6 Å². The van der Waals surface area contributed by atoms with Gasteiger partial charge in [-0.1, -0.05) is 6.07 Å². The van der Waals surface area contributed by atoms with Crippen molar-refractivity contribution in [2.75, 3.05) is 33.9 Å². The number of urea groups is 1. The van der Waals surface area contributed by atoms with Crippen LogP contribution in [0.1, 0.15) is 30.0 Å². The van der Waals surface area contributed by atoms with Crippen molar-refractivity contribution in [3.05, 3.63) is 62.1 Å². The van der Waals surface area contributed by atoms with Crippen LogP contribution < -0.4 is 20.3 Å². The van der Waals surface area contributed by atoms with Gasteiger partial charge in [0, 0.05) is 43.9 Å². The Morgan fingerprint density at radius 2 is 1.85 bits per heavy atom. The lowest BCUT2D eigenvalue weighted by atomic mass is 9.83. The third kappa shape index (κ3) is 4.91. The Kier molecular flexibility index (Phi) is 6.98. The molecule has 1 aromatic heterocycles. The van der Waals surface area contributed by atoms with E-state index in [0.29, 0.717) is 43.2 Å². The van der Waals surface area contributed by atoms with Gasteiger partial charge in [0.15, 0.2) is 11.5 Å². The molecule has 2 saturated heterocycles. The molecular weight excluding hydrogens is 510 g/mol. The average Bonchev–Trinajstić information content (AvgIpc) is 3.18. The number of hydrogen-bond acceptors (Lipinski definition) is 8. The Hall–Kier alpha value is -4.42. The molecule has 2 fully saturated rings. The molecule has 0 saturated carbocycles. The van der Waals surface area contributed by atoms with Crippen LogP contribution in [0.4, 0.5) is 10.5 Å². The lowest BCUT2D eigenvalue weighted by Gasteiger charge is -2.42. The van der Waals surface area contributed by atoms with Crippen LogP contribution in [-0.4, -0.2) is 77.0 Å². The first-order valence-corrected chi connectivity index (χ1v) is 12.7. The van der Waals surface area contributed by atoms with E-state index in [-0.39, 0.29) is 30.7 Å². The number of nitrogens with one attached hydrogen (secondary N) is 1. The van der Waals surface area contributed by atoms with Gasteiger partial charge >= 0.3 is 17.3 Å². The lowest BCUT2D eigenvalue weighted by Crippen LogP contribution is -2.50. The highest BCUT2D eigenvalue weighted by Crippen LogP contribution is 2.36. The number of imide groups is 1. The second kappa shape index (κ2) is 10.4. The first-order chi connectivity index (χ1) is 18.7. The van der Waals surface area contributed by atoms with E-state index in [4.69, 9.17) is 9.47 Å². The molecule has 1 N–H and O–H groups in total. The monoisotopic (exact) mass is 539 g/mol. The zero-order chi connectivity index (χ0) is 27.8. The number of methoxy groups -OCH3 is 2. The van der Waals surface area contributed by atoms with Crippen molar-refractivity contribution in [3.8, 4) is 11.5 Å². The van der Waals surface area contributed by atoms with Gasteiger partial charge < -0.3 is 24.3 Å². The summed E-state index contributed by atoms with van der Waals surface area (Å²) < 4.78 is 12.0. The predicted molar refractivity (Wildman–Crippen MR) is 137 cm³/mol. The number of nitro groups is 1. The number of likely N-dealkylation sites (tertiary alicyclic amines) is 1. The van der Waals surface area contributed by atoms with Crippen molar-refractivity contribution in [1.29, 1.82) is 0 Å². The Balaban J connectivity index is 1.21. The van der Waals surface area contributed by atoms with Crippen LogP contribution in [0.3, 0.4) is 0 Å². The van der Waals surface area contributed by atoms with Gasteiger partial charge in [-0.15, -0.1) is 0 Å². The van der Waals surface area contributed by atoms with Gasteiger partial charge in [0.2, 0.25) is 5.91 Å². The SMILES string of the molecule is COc1ccc(CCN2C(=O)N[C@@H](CC(=O)N3C[C@H]4C[C@@H](C3)c3ccc([N+](=O)[O-])c(=O)n3C4)C2=O)cc1OC. The number of carbonyl (C=O) groups excluding carboxylic acids is 3. The minimum absolute atomic E-state index is 0.0354. The van der Waals surface area contributed by atoms with Crippen LogP contribution in [0.25, 0.3) is 0 Å². The molecule has 4 heterocycles. The summed E-state index contributed by atoms with van der Waals surface area (Å²) in [6.45, 7) is 1.15. The van der Waals surface area contributed by atoms with Crippen molar-refractivity contribution in [1.82, 2.24) is 19.7 Å². The third-order valence-electron chi connectivity index (χ3n) is 7.69. The van der Waals surface area contributed by atoms with Crippen molar-refractivity contribution in [2.45, 2.75) is 37.8 Å². The molecule has 2 bridgehead atoms. The van der Waals surface area contributed by atoms with Gasteiger partial charge in [-0.2, -0.15) is 0 Å². The number of fused-ring (bicyclic) bond motifs is 4. The molecule has 0 aliphatic carbocycles. The van der Waals surface area contributed by atoms with E-state index >= 15 is 0 Å². The predicted octanol–water partition coefficient (Wildman–Crippen LogP) is 1.27. The molecule has 39 heavy (non-hydrogen) atoms. The molecule has 3 atom stereocenters. The average molecular weight is 540 g/mol. The topological polar surface area (TPSA) is 153 Å². The molecular formula is C26H29N5O8. The minimum Gasteiger partial charge on any atom is -0.493 e. The molecule has 1 aromatic carbocycles. The highest BCUT2D eigenvalue weighted by molar-refractivity contribution is 6.05. The molecule has 13 heteroatoms. The number of piperidine rings is 1. The van der Waals surface area contributed by atoms with Crippen LogP contribution in [0.15, 0.2) is 35.1 Å². The number of rotatable bonds is 8. The van der Waals surface area contributed by atoms with Crippen LogP contribution in [0.5, 0.6) is 11.5 Å². The van der Waals surface area contributed by atoms with Crippen LogP contribution >= 0.6 is 0 Å². The minimum atomic E-state index is -0.949. The fourth-order valence-corrected chi connectivity index (χ4v) is 5.78. The van der Waals surface area contributed by atoms with Crippen molar-refractivity contribution in [3.63, 3.8) is 0 Å². The van der Waals surface area contributed by atoms with Crippen molar-refractivity contribution < 1.29 is 28.8 Å². The fraction of sp³-hybridized carbons (Fsp3) is 0.462. The fourth-order valence-electron chi connectivity index (χ4n) is 5.78. The molecule has 5 rings (SSSR count).